The van der Waals surface area contributed by atoms with Gasteiger partial charge in [0.05, 0.1) is 18.7 Å². The first-order valence-electron chi connectivity index (χ1n) is 6.39. The molecule has 0 radical (unpaired) electrons. The highest BCUT2D eigenvalue weighted by Gasteiger charge is 2.24. The van der Waals surface area contributed by atoms with Crippen LogP contribution in [0.5, 0.6) is 11.5 Å². The highest BCUT2D eigenvalue weighted by molar-refractivity contribution is 6.14. The fourth-order valence-electron chi connectivity index (χ4n) is 2.13. The van der Waals surface area contributed by atoms with Crippen LogP contribution >= 0.6 is 0 Å². The maximum Gasteiger partial charge on any atom is 0.433 e. The predicted octanol–water partition coefficient (Wildman–Crippen LogP) is 2.86. The lowest BCUT2D eigenvalue weighted by atomic mass is 9.99. The Morgan fingerprint density at radius 1 is 1.32 bits per heavy atom. The summed E-state index contributed by atoms with van der Waals surface area (Å²) < 4.78 is 15.6. The van der Waals surface area contributed by atoms with Crippen LogP contribution in [0.1, 0.15) is 16.1 Å². The van der Waals surface area contributed by atoms with Crippen LogP contribution in [0.2, 0.25) is 0 Å². The molecule has 3 rings (SSSR count). The Hall–Kier alpha value is -3.09. The lowest BCUT2D eigenvalue weighted by molar-refractivity contribution is -0.402. The molecule has 0 unspecified atom stereocenters. The average molecular weight is 301 g/mol. The Kier molecular flexibility index (Phi) is 3.38. The van der Waals surface area contributed by atoms with E-state index in [-0.39, 0.29) is 24.0 Å². The molecule has 7 nitrogen and oxygen atoms in total. The second-order valence-corrected chi connectivity index (χ2v) is 4.58. The number of nitro groups is 1. The molecule has 0 bridgehead atoms. The monoisotopic (exact) mass is 301 g/mol. The zero-order valence-electron chi connectivity index (χ0n) is 11.6. The number of hydrogen-bond donors (Lipinski definition) is 0. The molecule has 7 heteroatoms. The van der Waals surface area contributed by atoms with Crippen molar-refractivity contribution >= 4 is 17.7 Å². The number of carbonyl (C=O) groups is 1. The third-order valence-corrected chi connectivity index (χ3v) is 3.22. The van der Waals surface area contributed by atoms with Crippen molar-refractivity contribution in [1.29, 1.82) is 0 Å². The average Bonchev–Trinajstić information content (AvgIpc) is 2.99. The normalized spacial score (nSPS) is 15.3. The number of carbonyl (C=O) groups excluding carboxylic acids is 1. The maximum atomic E-state index is 12.5. The Morgan fingerprint density at radius 2 is 2.14 bits per heavy atom. The Balaban J connectivity index is 1.94. The molecule has 1 aromatic carbocycles. The first-order valence-corrected chi connectivity index (χ1v) is 6.39. The summed E-state index contributed by atoms with van der Waals surface area (Å²) in [5.41, 5.74) is 0.739. The van der Waals surface area contributed by atoms with Gasteiger partial charge in [0.1, 0.15) is 28.8 Å². The zero-order valence-corrected chi connectivity index (χ0v) is 11.6. The van der Waals surface area contributed by atoms with Crippen molar-refractivity contribution in [2.24, 2.45) is 0 Å². The van der Waals surface area contributed by atoms with Crippen molar-refractivity contribution in [3.05, 3.63) is 57.3 Å². The number of rotatable bonds is 3. The number of hydrogen-bond acceptors (Lipinski definition) is 6. The number of ketones is 1. The number of ether oxygens (including phenoxy) is 2. The number of benzene rings is 1. The number of nitrogens with zero attached hydrogens (tertiary/aromatic N) is 1. The molecule has 0 aliphatic carbocycles. The van der Waals surface area contributed by atoms with Gasteiger partial charge in [0, 0.05) is 5.57 Å². The molecule has 2 aromatic rings. The fourth-order valence-corrected chi connectivity index (χ4v) is 2.13. The molecule has 0 saturated heterocycles. The summed E-state index contributed by atoms with van der Waals surface area (Å²) in [6, 6.07) is 7.63. The van der Waals surface area contributed by atoms with Gasteiger partial charge in [-0.2, -0.15) is 0 Å². The molecule has 0 amide bonds. The molecule has 1 aromatic heterocycles. The van der Waals surface area contributed by atoms with Gasteiger partial charge in [-0.25, -0.2) is 0 Å². The van der Waals surface area contributed by atoms with E-state index in [9.17, 15) is 14.9 Å². The molecule has 22 heavy (non-hydrogen) atoms. The standard InChI is InChI=1S/C15H11NO6/c1-20-10-2-4-13-12(7-10)15(17)9(8-21-13)6-11-3-5-14(22-11)16(18)19/h2-7H,8H2,1H3/b9-6-. The molecule has 0 atom stereocenters. The van der Waals surface area contributed by atoms with E-state index < -0.39 is 4.92 Å². The smallest absolute Gasteiger partial charge is 0.433 e. The van der Waals surface area contributed by atoms with Gasteiger partial charge >= 0.3 is 5.88 Å². The number of methoxy groups -OCH3 is 1. The van der Waals surface area contributed by atoms with E-state index in [0.29, 0.717) is 22.6 Å². The van der Waals surface area contributed by atoms with Crippen LogP contribution in [0, 0.1) is 10.1 Å². The summed E-state index contributed by atoms with van der Waals surface area (Å²) in [7, 11) is 1.51. The van der Waals surface area contributed by atoms with Crippen molar-refractivity contribution in [1.82, 2.24) is 0 Å². The van der Waals surface area contributed by atoms with Gasteiger partial charge in [0.25, 0.3) is 0 Å². The number of furan rings is 1. The van der Waals surface area contributed by atoms with Gasteiger partial charge in [-0.3, -0.25) is 14.9 Å². The Morgan fingerprint density at radius 3 is 2.82 bits per heavy atom. The summed E-state index contributed by atoms with van der Waals surface area (Å²) >= 11 is 0. The van der Waals surface area contributed by atoms with E-state index in [1.54, 1.807) is 18.2 Å². The molecule has 2 heterocycles. The quantitative estimate of drug-likeness (QED) is 0.491. The van der Waals surface area contributed by atoms with Gasteiger partial charge in [-0.15, -0.1) is 0 Å². The van der Waals surface area contributed by atoms with Gasteiger partial charge in [0.2, 0.25) is 0 Å². The molecular formula is C15H11NO6. The van der Waals surface area contributed by atoms with Crippen LogP contribution in [0.15, 0.2) is 40.3 Å². The summed E-state index contributed by atoms with van der Waals surface area (Å²) in [6.45, 7) is 0.0761. The molecule has 0 spiro atoms. The van der Waals surface area contributed by atoms with Gasteiger partial charge in [-0.05, 0) is 30.3 Å². The summed E-state index contributed by atoms with van der Waals surface area (Å²) in [6.07, 6.45) is 1.44. The minimum atomic E-state index is -0.638. The second kappa shape index (κ2) is 5.36. The zero-order chi connectivity index (χ0) is 15.7. The summed E-state index contributed by atoms with van der Waals surface area (Å²) in [4.78, 5) is 22.4. The van der Waals surface area contributed by atoms with E-state index in [1.807, 2.05) is 0 Å². The largest absolute Gasteiger partial charge is 0.497 e. The summed E-state index contributed by atoms with van der Waals surface area (Å²) in [5, 5.41) is 10.6. The van der Waals surface area contributed by atoms with Crippen molar-refractivity contribution in [3.8, 4) is 11.5 Å². The molecule has 0 N–H and O–H groups in total. The Labute approximate surface area is 124 Å². The number of Topliss-reactive ketones (excluding diaryl/α,β-unsaturated/α-hetero) is 1. The van der Waals surface area contributed by atoms with Gasteiger partial charge in [0.15, 0.2) is 5.78 Å². The summed E-state index contributed by atoms with van der Waals surface area (Å²) in [5.74, 6) is 0.654. The highest BCUT2D eigenvalue weighted by atomic mass is 16.6. The minimum Gasteiger partial charge on any atom is -0.497 e. The van der Waals surface area contributed by atoms with Crippen LogP contribution < -0.4 is 9.47 Å². The SMILES string of the molecule is COc1ccc2c(c1)C(=O)/C(=C\c1ccc([N+](=O)[O-])o1)CO2. The molecule has 1 aliphatic heterocycles. The molecule has 112 valence electrons. The van der Waals surface area contributed by atoms with Crippen molar-refractivity contribution in [2.45, 2.75) is 0 Å². The predicted molar refractivity (Wildman–Crippen MR) is 76.2 cm³/mol. The molecule has 0 fully saturated rings. The van der Waals surface area contributed by atoms with Crippen molar-refractivity contribution < 1.29 is 23.6 Å². The maximum absolute atomic E-state index is 12.5. The third kappa shape index (κ3) is 2.44. The van der Waals surface area contributed by atoms with Crippen molar-refractivity contribution in [3.63, 3.8) is 0 Å². The lowest BCUT2D eigenvalue weighted by Crippen LogP contribution is -2.19. The van der Waals surface area contributed by atoms with Crippen LogP contribution in [0.4, 0.5) is 5.88 Å². The van der Waals surface area contributed by atoms with Crippen molar-refractivity contribution in [2.75, 3.05) is 13.7 Å². The van der Waals surface area contributed by atoms with Gasteiger partial charge < -0.3 is 13.9 Å². The molecular weight excluding hydrogens is 290 g/mol. The number of fused-ring (bicyclic) bond motifs is 1. The highest BCUT2D eigenvalue weighted by Crippen LogP contribution is 2.31. The third-order valence-electron chi connectivity index (χ3n) is 3.22. The van der Waals surface area contributed by atoms with E-state index >= 15 is 0 Å². The second-order valence-electron chi connectivity index (χ2n) is 4.58. The molecule has 1 aliphatic rings. The van der Waals surface area contributed by atoms with Crippen LogP contribution in [-0.4, -0.2) is 24.4 Å². The van der Waals surface area contributed by atoms with E-state index in [0.717, 1.165) is 0 Å². The molecule has 0 saturated carbocycles. The Bertz CT molecular complexity index is 789. The first-order chi connectivity index (χ1) is 10.6. The lowest BCUT2D eigenvalue weighted by Gasteiger charge is -2.19. The fraction of sp³-hybridized carbons (Fsp3) is 0.133. The minimum absolute atomic E-state index is 0.0761. The van der Waals surface area contributed by atoms with Crippen LogP contribution in [0.3, 0.4) is 0 Å². The van der Waals surface area contributed by atoms with E-state index in [1.165, 1.54) is 25.3 Å². The topological polar surface area (TPSA) is 91.8 Å². The first kappa shape index (κ1) is 13.9. The van der Waals surface area contributed by atoms with E-state index in [2.05, 4.69) is 0 Å². The van der Waals surface area contributed by atoms with Crippen LogP contribution in [-0.2, 0) is 0 Å². The van der Waals surface area contributed by atoms with Gasteiger partial charge in [-0.1, -0.05) is 0 Å². The van der Waals surface area contributed by atoms with Crippen LogP contribution in [0.25, 0.3) is 6.08 Å². The van der Waals surface area contributed by atoms with E-state index in [4.69, 9.17) is 13.9 Å².